The molecule has 1 unspecified atom stereocenters. The molecule has 0 spiro atoms. The molecule has 1 aliphatic heterocycles. The number of aromatic nitrogens is 1. The third-order valence-corrected chi connectivity index (χ3v) is 7.54. The Kier molecular flexibility index (Phi) is 6.91. The number of aliphatic hydroxyl groups excluding tert-OH is 1. The van der Waals surface area contributed by atoms with E-state index < -0.39 is 17.7 Å². The Morgan fingerprint density at radius 2 is 1.82 bits per heavy atom. The first-order valence-corrected chi connectivity index (χ1v) is 13.2. The highest BCUT2D eigenvalue weighted by Gasteiger charge is 2.48. The van der Waals surface area contributed by atoms with E-state index in [0.29, 0.717) is 34.4 Å². The second-order valence-corrected chi connectivity index (χ2v) is 10.2. The number of rotatable bonds is 7. The first-order chi connectivity index (χ1) is 18.3. The van der Waals surface area contributed by atoms with Gasteiger partial charge >= 0.3 is 5.91 Å². The minimum atomic E-state index is -0.862. The molecule has 1 atom stereocenters. The van der Waals surface area contributed by atoms with E-state index in [0.717, 1.165) is 27.8 Å². The third kappa shape index (κ3) is 4.52. The van der Waals surface area contributed by atoms with E-state index in [2.05, 4.69) is 4.98 Å². The van der Waals surface area contributed by atoms with Gasteiger partial charge in [0, 0.05) is 5.56 Å². The van der Waals surface area contributed by atoms with Crippen molar-refractivity contribution >= 4 is 44.1 Å². The monoisotopic (exact) mass is 528 g/mol. The highest BCUT2D eigenvalue weighted by molar-refractivity contribution is 7.22. The predicted molar refractivity (Wildman–Crippen MR) is 149 cm³/mol. The van der Waals surface area contributed by atoms with Crippen LogP contribution in [0, 0.1) is 13.8 Å². The summed E-state index contributed by atoms with van der Waals surface area (Å²) in [6.07, 6.45) is 0.873. The van der Waals surface area contributed by atoms with Crippen LogP contribution in [0.1, 0.15) is 41.6 Å². The second-order valence-electron chi connectivity index (χ2n) is 9.24. The number of Topliss-reactive ketones (excluding diaryl/α,β-unsaturated/α-hetero) is 1. The number of ether oxygens (including phenoxy) is 2. The third-order valence-electron chi connectivity index (χ3n) is 6.52. The van der Waals surface area contributed by atoms with Gasteiger partial charge in [-0.05, 0) is 79.4 Å². The van der Waals surface area contributed by atoms with Gasteiger partial charge in [0.1, 0.15) is 17.3 Å². The fourth-order valence-corrected chi connectivity index (χ4v) is 5.67. The van der Waals surface area contributed by atoms with Crippen molar-refractivity contribution in [3.8, 4) is 11.5 Å². The van der Waals surface area contributed by atoms with E-state index >= 15 is 0 Å². The Balaban J connectivity index is 1.67. The fourth-order valence-electron chi connectivity index (χ4n) is 4.58. The van der Waals surface area contributed by atoms with Gasteiger partial charge in [0.25, 0.3) is 5.78 Å². The van der Waals surface area contributed by atoms with Gasteiger partial charge in [-0.15, -0.1) is 0 Å². The Hall–Kier alpha value is -4.17. The molecule has 0 saturated carbocycles. The number of nitrogens with zero attached hydrogens (tertiary/aromatic N) is 2. The van der Waals surface area contributed by atoms with Crippen LogP contribution in [0.2, 0.25) is 0 Å². The van der Waals surface area contributed by atoms with Gasteiger partial charge in [0.2, 0.25) is 0 Å². The Morgan fingerprint density at radius 1 is 1.05 bits per heavy atom. The molecule has 0 bridgehead atoms. The Bertz CT molecular complexity index is 1570. The summed E-state index contributed by atoms with van der Waals surface area (Å²) < 4.78 is 12.0. The van der Waals surface area contributed by atoms with Gasteiger partial charge in [-0.1, -0.05) is 36.5 Å². The maximum Gasteiger partial charge on any atom is 0.301 e. The van der Waals surface area contributed by atoms with E-state index in [4.69, 9.17) is 9.47 Å². The first-order valence-electron chi connectivity index (χ1n) is 12.4. The zero-order chi connectivity index (χ0) is 27.0. The maximum atomic E-state index is 13.5. The summed E-state index contributed by atoms with van der Waals surface area (Å²) in [5, 5.41) is 11.9. The number of carbonyl (C=O) groups is 2. The van der Waals surface area contributed by atoms with Crippen molar-refractivity contribution in [2.75, 3.05) is 18.6 Å². The van der Waals surface area contributed by atoms with Crippen LogP contribution in [0.15, 0.2) is 66.2 Å². The highest BCUT2D eigenvalue weighted by atomic mass is 32.1. The lowest BCUT2D eigenvalue weighted by molar-refractivity contribution is -0.132. The summed E-state index contributed by atoms with van der Waals surface area (Å²) >= 11 is 1.34. The van der Waals surface area contributed by atoms with Crippen LogP contribution in [-0.4, -0.2) is 35.5 Å². The van der Waals surface area contributed by atoms with Crippen molar-refractivity contribution in [1.29, 1.82) is 0 Å². The molecule has 5 rings (SSSR count). The van der Waals surface area contributed by atoms with Gasteiger partial charge in [0.05, 0.1) is 35.5 Å². The largest absolute Gasteiger partial charge is 0.507 e. The molecule has 1 N–H and O–H groups in total. The van der Waals surface area contributed by atoms with Crippen molar-refractivity contribution < 1.29 is 24.2 Å². The van der Waals surface area contributed by atoms with Crippen molar-refractivity contribution in [2.45, 2.75) is 33.2 Å². The smallest absolute Gasteiger partial charge is 0.301 e. The molecule has 1 aliphatic rings. The number of anilines is 1. The molecule has 1 fully saturated rings. The average molecular weight is 529 g/mol. The van der Waals surface area contributed by atoms with E-state index in [1.807, 2.05) is 39.0 Å². The quantitative estimate of drug-likeness (QED) is 0.171. The van der Waals surface area contributed by atoms with Crippen LogP contribution < -0.4 is 14.4 Å². The zero-order valence-electron chi connectivity index (χ0n) is 21.6. The number of ketones is 1. The highest BCUT2D eigenvalue weighted by Crippen LogP contribution is 2.44. The van der Waals surface area contributed by atoms with E-state index in [1.54, 1.807) is 49.6 Å². The molecule has 1 saturated heterocycles. The van der Waals surface area contributed by atoms with Crippen molar-refractivity contribution in [2.24, 2.45) is 0 Å². The summed E-state index contributed by atoms with van der Waals surface area (Å²) in [7, 11) is 1.57. The molecule has 1 amide bonds. The molecule has 38 heavy (non-hydrogen) atoms. The summed E-state index contributed by atoms with van der Waals surface area (Å²) in [5.74, 6) is -0.390. The molecular weight excluding hydrogens is 500 g/mol. The minimum absolute atomic E-state index is 0.0113. The topological polar surface area (TPSA) is 89.0 Å². The number of fused-ring (bicyclic) bond motifs is 1. The van der Waals surface area contributed by atoms with E-state index in [-0.39, 0.29) is 11.3 Å². The van der Waals surface area contributed by atoms with Crippen molar-refractivity contribution in [3.05, 3.63) is 88.5 Å². The number of aryl methyl sites for hydroxylation is 2. The molecule has 7 nitrogen and oxygen atoms in total. The summed E-state index contributed by atoms with van der Waals surface area (Å²) in [4.78, 5) is 33.1. The van der Waals surface area contributed by atoms with Crippen LogP contribution in [0.5, 0.6) is 11.5 Å². The molecule has 1 aromatic heterocycles. The molecule has 4 aromatic rings. The number of thiazole rings is 1. The maximum absolute atomic E-state index is 13.5. The number of hydrogen-bond acceptors (Lipinski definition) is 7. The van der Waals surface area contributed by atoms with Crippen LogP contribution in [0.4, 0.5) is 5.13 Å². The second kappa shape index (κ2) is 10.3. The number of amides is 1. The molecule has 8 heteroatoms. The SMILES string of the molecule is CCCOc1ccc(/C(O)=C2\C(=O)C(=O)N(c3nc4ccc(C)cc4s3)C2c2ccc(OC)cc2)cc1C. The molecule has 194 valence electrons. The molecule has 0 aliphatic carbocycles. The summed E-state index contributed by atoms with van der Waals surface area (Å²) in [6, 6.07) is 17.3. The predicted octanol–water partition coefficient (Wildman–Crippen LogP) is 6.34. The van der Waals surface area contributed by atoms with Gasteiger partial charge in [-0.2, -0.15) is 0 Å². The van der Waals surface area contributed by atoms with Gasteiger partial charge in [-0.3, -0.25) is 14.5 Å². The first kappa shape index (κ1) is 25.5. The van der Waals surface area contributed by atoms with E-state index in [9.17, 15) is 14.7 Å². The molecule has 2 heterocycles. The number of carbonyl (C=O) groups excluding carboxylic acids is 2. The Morgan fingerprint density at radius 3 is 2.50 bits per heavy atom. The number of benzene rings is 3. The lowest BCUT2D eigenvalue weighted by Crippen LogP contribution is -2.29. The minimum Gasteiger partial charge on any atom is -0.507 e. The fraction of sp³-hybridized carbons (Fsp3) is 0.233. The molecular formula is C30H28N2O5S. The van der Waals surface area contributed by atoms with Crippen molar-refractivity contribution in [1.82, 2.24) is 4.98 Å². The molecule has 0 radical (unpaired) electrons. The lowest BCUT2D eigenvalue weighted by Gasteiger charge is -2.23. The standard InChI is InChI=1S/C30H28N2O5S/c1-5-14-37-23-13-9-20(16-18(23)3)27(33)25-26(19-7-10-21(36-4)11-8-19)32(29(35)28(25)34)30-31-22-12-6-17(2)15-24(22)38-30/h6-13,15-16,26,33H,5,14H2,1-4H3/b27-25+. The van der Waals surface area contributed by atoms with Crippen LogP contribution in [-0.2, 0) is 9.59 Å². The van der Waals surface area contributed by atoms with Gasteiger partial charge < -0.3 is 14.6 Å². The normalized spacial score (nSPS) is 16.8. The lowest BCUT2D eigenvalue weighted by atomic mass is 9.95. The van der Waals surface area contributed by atoms with Gasteiger partial charge in [0.15, 0.2) is 5.13 Å². The van der Waals surface area contributed by atoms with Crippen LogP contribution >= 0.6 is 11.3 Å². The number of aliphatic hydroxyl groups is 1. The number of hydrogen-bond donors (Lipinski definition) is 1. The van der Waals surface area contributed by atoms with Crippen molar-refractivity contribution in [3.63, 3.8) is 0 Å². The van der Waals surface area contributed by atoms with E-state index in [1.165, 1.54) is 16.2 Å². The summed E-state index contributed by atoms with van der Waals surface area (Å²) in [6.45, 7) is 6.48. The molecule has 3 aromatic carbocycles. The average Bonchev–Trinajstić information content (AvgIpc) is 3.45. The van der Waals surface area contributed by atoms with Crippen LogP contribution in [0.3, 0.4) is 0 Å². The van der Waals surface area contributed by atoms with Gasteiger partial charge in [-0.25, -0.2) is 4.98 Å². The number of methoxy groups -OCH3 is 1. The Labute approximate surface area is 225 Å². The van der Waals surface area contributed by atoms with Crippen LogP contribution in [0.25, 0.3) is 16.0 Å². The summed E-state index contributed by atoms with van der Waals surface area (Å²) in [5.41, 5.74) is 3.73. The zero-order valence-corrected chi connectivity index (χ0v) is 22.5.